The zero-order valence-corrected chi connectivity index (χ0v) is 30.6. The molecule has 0 saturated heterocycles. The number of hydrogen-bond donors (Lipinski definition) is 0. The van der Waals surface area contributed by atoms with Gasteiger partial charge in [0.15, 0.2) is 5.82 Å². The van der Waals surface area contributed by atoms with Crippen LogP contribution in [0.2, 0.25) is 0 Å². The molecule has 0 radical (unpaired) electrons. The molecule has 11 rings (SSSR count). The molecule has 0 aliphatic rings. The molecule has 0 atom stereocenters. The molecule has 0 aliphatic carbocycles. The number of nitrogens with zero attached hydrogens (tertiary/aromatic N) is 2. The highest BCUT2D eigenvalue weighted by atomic mass is 32.1. The lowest BCUT2D eigenvalue weighted by atomic mass is 9.91. The number of rotatable bonds is 5. The van der Waals surface area contributed by atoms with Crippen LogP contribution in [-0.4, -0.2) is 9.97 Å². The van der Waals surface area contributed by atoms with E-state index in [9.17, 15) is 0 Å². The predicted octanol–water partition coefficient (Wildman–Crippen LogP) is 14.6. The summed E-state index contributed by atoms with van der Waals surface area (Å²) in [6, 6.07) is 69.7. The smallest absolute Gasteiger partial charge is 0.160 e. The number of aromatic nitrogens is 2. The molecule has 2 heterocycles. The topological polar surface area (TPSA) is 25.8 Å². The molecule has 0 amide bonds. The molecule has 0 N–H and O–H groups in total. The van der Waals surface area contributed by atoms with E-state index in [2.05, 4.69) is 194 Å². The van der Waals surface area contributed by atoms with Gasteiger partial charge in [0.05, 0.1) is 11.4 Å². The fourth-order valence-electron chi connectivity index (χ4n) is 8.25. The first-order valence-electron chi connectivity index (χ1n) is 18.6. The molecule has 0 unspecified atom stereocenters. The third-order valence-corrected chi connectivity index (χ3v) is 12.0. The van der Waals surface area contributed by atoms with Crippen molar-refractivity contribution < 1.29 is 0 Å². The van der Waals surface area contributed by atoms with E-state index in [0.717, 1.165) is 33.6 Å². The summed E-state index contributed by atoms with van der Waals surface area (Å²) >= 11 is 1.85. The predicted molar refractivity (Wildman–Crippen MR) is 235 cm³/mol. The van der Waals surface area contributed by atoms with Crippen molar-refractivity contribution in [3.63, 3.8) is 0 Å². The van der Waals surface area contributed by atoms with Gasteiger partial charge >= 0.3 is 0 Å². The Bertz CT molecular complexity index is 3250. The number of benzene rings is 9. The minimum absolute atomic E-state index is 0.699. The molecule has 2 nitrogen and oxygen atoms in total. The van der Waals surface area contributed by atoms with Crippen LogP contribution in [0.5, 0.6) is 0 Å². The van der Waals surface area contributed by atoms with Crippen molar-refractivity contribution >= 4 is 63.8 Å². The van der Waals surface area contributed by atoms with Crippen LogP contribution < -0.4 is 0 Å². The lowest BCUT2D eigenvalue weighted by Crippen LogP contribution is -1.97. The summed E-state index contributed by atoms with van der Waals surface area (Å²) in [5, 5.41) is 9.82. The van der Waals surface area contributed by atoms with E-state index in [0.29, 0.717) is 5.82 Å². The Labute approximate surface area is 322 Å². The van der Waals surface area contributed by atoms with E-state index < -0.39 is 0 Å². The van der Waals surface area contributed by atoms with Crippen molar-refractivity contribution in [2.75, 3.05) is 0 Å². The van der Waals surface area contributed by atoms with Gasteiger partial charge in [0, 0.05) is 36.9 Å². The maximum absolute atomic E-state index is 5.42. The van der Waals surface area contributed by atoms with E-state index in [1.54, 1.807) is 0 Å². The molecule has 55 heavy (non-hydrogen) atoms. The van der Waals surface area contributed by atoms with Crippen LogP contribution in [0.1, 0.15) is 0 Å². The van der Waals surface area contributed by atoms with Gasteiger partial charge in [-0.1, -0.05) is 164 Å². The van der Waals surface area contributed by atoms with E-state index in [4.69, 9.17) is 9.97 Å². The summed E-state index contributed by atoms with van der Waals surface area (Å²) in [5.41, 5.74) is 9.68. The standard InChI is InChI=1S/C52H32N2S/c1-2-12-33(13-3-1)34-24-26-36(27-25-34)52-53-46(39-17-10-16-37(30-39)42-21-11-23-49-51(42)44-20-8-9-22-48(44)55-49)32-47(54-52)50-41-19-7-5-15-38(41)31-45-40-18-6-4-14-35(40)28-29-43(45)50/h1-32H. The largest absolute Gasteiger partial charge is 0.228 e. The van der Waals surface area contributed by atoms with E-state index in [-0.39, 0.29) is 0 Å². The van der Waals surface area contributed by atoms with Crippen LogP contribution >= 0.6 is 11.3 Å². The van der Waals surface area contributed by atoms with Gasteiger partial charge in [-0.05, 0) is 84.9 Å². The van der Waals surface area contributed by atoms with Crippen LogP contribution in [0.15, 0.2) is 194 Å². The number of thiophene rings is 1. The van der Waals surface area contributed by atoms with Crippen molar-refractivity contribution in [2.24, 2.45) is 0 Å². The second kappa shape index (κ2) is 12.9. The van der Waals surface area contributed by atoms with Crippen LogP contribution in [-0.2, 0) is 0 Å². The lowest BCUT2D eigenvalue weighted by Gasteiger charge is -2.16. The minimum Gasteiger partial charge on any atom is -0.228 e. The van der Waals surface area contributed by atoms with Gasteiger partial charge in [0.2, 0.25) is 0 Å². The van der Waals surface area contributed by atoms with Gasteiger partial charge in [-0.3, -0.25) is 0 Å². The average molecular weight is 717 g/mol. The van der Waals surface area contributed by atoms with Crippen LogP contribution in [0.3, 0.4) is 0 Å². The summed E-state index contributed by atoms with van der Waals surface area (Å²) in [4.78, 5) is 10.8. The first kappa shape index (κ1) is 31.6. The molecule has 256 valence electrons. The normalized spacial score (nSPS) is 11.6. The fraction of sp³-hybridized carbons (Fsp3) is 0. The molecule has 0 spiro atoms. The van der Waals surface area contributed by atoms with Gasteiger partial charge < -0.3 is 0 Å². The summed E-state index contributed by atoms with van der Waals surface area (Å²) in [5.74, 6) is 0.699. The second-order valence-electron chi connectivity index (χ2n) is 14.1. The van der Waals surface area contributed by atoms with Gasteiger partial charge in [0.25, 0.3) is 0 Å². The Morgan fingerprint density at radius 2 is 0.964 bits per heavy atom. The van der Waals surface area contributed by atoms with Crippen LogP contribution in [0, 0.1) is 0 Å². The summed E-state index contributed by atoms with van der Waals surface area (Å²) in [7, 11) is 0. The third-order valence-electron chi connectivity index (χ3n) is 10.9. The Morgan fingerprint density at radius 1 is 0.327 bits per heavy atom. The fourth-order valence-corrected chi connectivity index (χ4v) is 9.38. The highest BCUT2D eigenvalue weighted by Crippen LogP contribution is 2.43. The lowest BCUT2D eigenvalue weighted by molar-refractivity contribution is 1.19. The number of fused-ring (bicyclic) bond motifs is 7. The zero-order chi connectivity index (χ0) is 36.3. The molecule has 3 heteroatoms. The van der Waals surface area contributed by atoms with Crippen molar-refractivity contribution in [1.82, 2.24) is 9.97 Å². The van der Waals surface area contributed by atoms with E-state index in [1.165, 1.54) is 69.2 Å². The maximum Gasteiger partial charge on any atom is 0.160 e. The minimum atomic E-state index is 0.699. The van der Waals surface area contributed by atoms with E-state index >= 15 is 0 Å². The van der Waals surface area contributed by atoms with Gasteiger partial charge in [-0.2, -0.15) is 0 Å². The SMILES string of the molecule is c1ccc(-c2ccc(-c3nc(-c4cccc(-c5cccc6sc7ccccc7c56)c4)cc(-c4c5ccccc5cc5c4ccc4ccccc45)n3)cc2)cc1. The van der Waals surface area contributed by atoms with Crippen molar-refractivity contribution in [3.8, 4) is 56.2 Å². The first-order chi connectivity index (χ1) is 27.2. The maximum atomic E-state index is 5.42. The van der Waals surface area contributed by atoms with Gasteiger partial charge in [0.1, 0.15) is 0 Å². The molecule has 0 fully saturated rings. The van der Waals surface area contributed by atoms with Gasteiger partial charge in [-0.15, -0.1) is 11.3 Å². The summed E-state index contributed by atoms with van der Waals surface area (Å²) in [6.07, 6.45) is 0. The average Bonchev–Trinajstić information content (AvgIpc) is 3.65. The molecule has 9 aromatic carbocycles. The van der Waals surface area contributed by atoms with Crippen LogP contribution in [0.25, 0.3) is 109 Å². The zero-order valence-electron chi connectivity index (χ0n) is 29.8. The molecule has 0 bridgehead atoms. The Kier molecular flexibility index (Phi) is 7.39. The monoisotopic (exact) mass is 716 g/mol. The number of hydrogen-bond acceptors (Lipinski definition) is 3. The summed E-state index contributed by atoms with van der Waals surface area (Å²) in [6.45, 7) is 0. The first-order valence-corrected chi connectivity index (χ1v) is 19.5. The summed E-state index contributed by atoms with van der Waals surface area (Å²) < 4.78 is 2.60. The van der Waals surface area contributed by atoms with Crippen LogP contribution in [0.4, 0.5) is 0 Å². The quantitative estimate of drug-likeness (QED) is 0.131. The molecule has 11 aromatic rings. The second-order valence-corrected chi connectivity index (χ2v) is 15.2. The van der Waals surface area contributed by atoms with Crippen molar-refractivity contribution in [3.05, 3.63) is 194 Å². The van der Waals surface area contributed by atoms with E-state index in [1.807, 2.05) is 11.3 Å². The molecule has 2 aromatic heterocycles. The van der Waals surface area contributed by atoms with Crippen molar-refractivity contribution in [2.45, 2.75) is 0 Å². The molecular weight excluding hydrogens is 685 g/mol. The molecule has 0 saturated carbocycles. The Morgan fingerprint density at radius 3 is 1.84 bits per heavy atom. The highest BCUT2D eigenvalue weighted by Gasteiger charge is 2.18. The Hall–Kier alpha value is -6.94. The van der Waals surface area contributed by atoms with Crippen molar-refractivity contribution in [1.29, 1.82) is 0 Å². The van der Waals surface area contributed by atoms with Gasteiger partial charge in [-0.25, -0.2) is 9.97 Å². The Balaban J connectivity index is 1.15. The molecule has 0 aliphatic heterocycles. The third kappa shape index (κ3) is 5.40. The highest BCUT2D eigenvalue weighted by molar-refractivity contribution is 7.25. The molecular formula is C52H32N2S.